The second kappa shape index (κ2) is 9.17. The maximum atomic E-state index is 13.2. The fourth-order valence-corrected chi connectivity index (χ4v) is 5.72. The van der Waals surface area contributed by atoms with Crippen molar-refractivity contribution < 1.29 is 13.2 Å². The summed E-state index contributed by atoms with van der Waals surface area (Å²) in [6.07, 6.45) is 1.85. The fraction of sp³-hybridized carbons (Fsp3) is 0.409. The highest BCUT2D eigenvalue weighted by atomic mass is 35.5. The molecule has 0 radical (unpaired) electrons. The molecule has 2 aromatic carbocycles. The van der Waals surface area contributed by atoms with Gasteiger partial charge in [0.05, 0.1) is 10.4 Å². The molecule has 1 saturated heterocycles. The van der Waals surface area contributed by atoms with Crippen molar-refractivity contribution in [3.05, 3.63) is 47.0 Å². The fourth-order valence-electron chi connectivity index (χ4n) is 4.00. The summed E-state index contributed by atoms with van der Waals surface area (Å²) in [4.78, 5) is 12.9. The van der Waals surface area contributed by atoms with E-state index >= 15 is 0 Å². The zero-order valence-corrected chi connectivity index (χ0v) is 19.7. The van der Waals surface area contributed by atoms with Crippen molar-refractivity contribution in [3.63, 3.8) is 0 Å². The molecule has 170 valence electrons. The Kier molecular flexibility index (Phi) is 6.50. The van der Waals surface area contributed by atoms with Gasteiger partial charge in [0, 0.05) is 36.3 Å². The van der Waals surface area contributed by atoms with Crippen molar-refractivity contribution in [3.8, 4) is 0 Å². The van der Waals surface area contributed by atoms with E-state index in [1.165, 1.54) is 4.31 Å². The van der Waals surface area contributed by atoms with Crippen molar-refractivity contribution in [2.24, 2.45) is 5.92 Å². The van der Waals surface area contributed by atoms with Gasteiger partial charge in [0.1, 0.15) is 5.52 Å². The molecule has 1 N–H and O–H groups in total. The number of nitrogens with one attached hydrogen (secondary N) is 1. The minimum absolute atomic E-state index is 0.0959. The van der Waals surface area contributed by atoms with Crippen LogP contribution in [0.15, 0.2) is 41.3 Å². The first-order valence-electron chi connectivity index (χ1n) is 10.7. The molecule has 2 heterocycles. The number of carbonyl (C=O) groups is 1. The van der Waals surface area contributed by atoms with Crippen LogP contribution >= 0.6 is 11.6 Å². The second-order valence-electron chi connectivity index (χ2n) is 8.09. The van der Waals surface area contributed by atoms with Gasteiger partial charge >= 0.3 is 0 Å². The standard InChI is InChI=1S/C22H26ClN5O3S/c1-3-10-28-21-7-5-18(14-20(21)25-26-28)32(30,31)27-11-8-16(9-12-27)22(29)24-19-6-4-17(23)13-15(19)2/h4-7,13-14,16H,3,8-12H2,1-2H3,(H,24,29). The number of carbonyl (C=O) groups excluding carboxylic acids is 1. The molecule has 0 spiro atoms. The molecule has 0 saturated carbocycles. The molecule has 10 heteroatoms. The Hall–Kier alpha value is -2.49. The Balaban J connectivity index is 1.42. The topological polar surface area (TPSA) is 97.2 Å². The molecular formula is C22H26ClN5O3S. The third-order valence-corrected chi connectivity index (χ3v) is 7.96. The van der Waals surface area contributed by atoms with Gasteiger partial charge in [-0.25, -0.2) is 13.1 Å². The van der Waals surface area contributed by atoms with Gasteiger partial charge < -0.3 is 5.32 Å². The monoisotopic (exact) mass is 475 g/mol. The lowest BCUT2D eigenvalue weighted by molar-refractivity contribution is -0.120. The van der Waals surface area contributed by atoms with E-state index in [1.54, 1.807) is 41.1 Å². The van der Waals surface area contributed by atoms with Crippen molar-refractivity contribution in [1.29, 1.82) is 0 Å². The number of aromatic nitrogens is 3. The molecule has 32 heavy (non-hydrogen) atoms. The number of amides is 1. The first-order chi connectivity index (χ1) is 15.3. The molecular weight excluding hydrogens is 450 g/mol. The van der Waals surface area contributed by atoms with Crippen LogP contribution in [0.4, 0.5) is 5.69 Å². The SMILES string of the molecule is CCCn1nnc2cc(S(=O)(=O)N3CCC(C(=O)Nc4ccc(Cl)cc4C)CC3)ccc21. The molecule has 8 nitrogen and oxygen atoms in total. The summed E-state index contributed by atoms with van der Waals surface area (Å²) in [6.45, 7) is 5.25. The van der Waals surface area contributed by atoms with Crippen LogP contribution in [0.25, 0.3) is 11.0 Å². The van der Waals surface area contributed by atoms with Crippen LogP contribution in [0.3, 0.4) is 0 Å². The molecule has 1 amide bonds. The largest absolute Gasteiger partial charge is 0.326 e. The first-order valence-corrected chi connectivity index (χ1v) is 12.5. The smallest absolute Gasteiger partial charge is 0.243 e. The van der Waals surface area contributed by atoms with Crippen LogP contribution in [-0.2, 0) is 21.4 Å². The number of aryl methyl sites for hydroxylation is 2. The van der Waals surface area contributed by atoms with Crippen LogP contribution in [0.5, 0.6) is 0 Å². The highest BCUT2D eigenvalue weighted by molar-refractivity contribution is 7.89. The minimum atomic E-state index is -3.67. The molecule has 0 atom stereocenters. The third kappa shape index (κ3) is 4.51. The second-order valence-corrected chi connectivity index (χ2v) is 10.5. The Morgan fingerprint density at radius 1 is 1.19 bits per heavy atom. The van der Waals surface area contributed by atoms with E-state index < -0.39 is 10.0 Å². The number of benzene rings is 2. The number of halogens is 1. The van der Waals surface area contributed by atoms with Crippen molar-refractivity contribution >= 4 is 44.3 Å². The van der Waals surface area contributed by atoms with Crippen molar-refractivity contribution in [2.75, 3.05) is 18.4 Å². The number of sulfonamides is 1. The van der Waals surface area contributed by atoms with Gasteiger partial charge in [-0.2, -0.15) is 4.31 Å². The van der Waals surface area contributed by atoms with Gasteiger partial charge in [-0.3, -0.25) is 4.79 Å². The normalized spacial score (nSPS) is 15.8. The van der Waals surface area contributed by atoms with E-state index in [-0.39, 0.29) is 16.7 Å². The molecule has 1 fully saturated rings. The number of anilines is 1. The van der Waals surface area contributed by atoms with E-state index in [0.717, 1.165) is 29.7 Å². The van der Waals surface area contributed by atoms with Gasteiger partial charge in [0.15, 0.2) is 0 Å². The maximum Gasteiger partial charge on any atom is 0.243 e. The zero-order chi connectivity index (χ0) is 22.9. The van der Waals surface area contributed by atoms with Crippen LogP contribution in [-0.4, -0.2) is 46.7 Å². The molecule has 1 aromatic heterocycles. The number of hydrogen-bond acceptors (Lipinski definition) is 5. The summed E-state index contributed by atoms with van der Waals surface area (Å²) < 4.78 is 29.6. The predicted octanol–water partition coefficient (Wildman–Crippen LogP) is 3.84. The molecule has 0 aliphatic carbocycles. The number of nitrogens with zero attached hydrogens (tertiary/aromatic N) is 4. The Morgan fingerprint density at radius 2 is 1.94 bits per heavy atom. The van der Waals surface area contributed by atoms with Crippen LogP contribution < -0.4 is 5.32 Å². The molecule has 0 bridgehead atoms. The summed E-state index contributed by atoms with van der Waals surface area (Å²) in [5.41, 5.74) is 2.99. The Morgan fingerprint density at radius 3 is 2.62 bits per heavy atom. The number of fused-ring (bicyclic) bond motifs is 1. The maximum absolute atomic E-state index is 13.2. The first kappa shape index (κ1) is 22.7. The molecule has 4 rings (SSSR count). The third-order valence-electron chi connectivity index (χ3n) is 5.83. The van der Waals surface area contributed by atoms with Gasteiger partial charge in [0.25, 0.3) is 0 Å². The Bertz CT molecular complexity index is 1250. The number of hydrogen-bond donors (Lipinski definition) is 1. The number of piperidine rings is 1. The van der Waals surface area contributed by atoms with Crippen molar-refractivity contribution in [1.82, 2.24) is 19.3 Å². The molecule has 1 aliphatic heterocycles. The quantitative estimate of drug-likeness (QED) is 0.584. The predicted molar refractivity (Wildman–Crippen MR) is 124 cm³/mol. The molecule has 3 aromatic rings. The highest BCUT2D eigenvalue weighted by Gasteiger charge is 2.32. The van der Waals surface area contributed by atoms with Crippen molar-refractivity contribution in [2.45, 2.75) is 44.6 Å². The van der Waals surface area contributed by atoms with Gasteiger partial charge in [-0.1, -0.05) is 23.7 Å². The van der Waals surface area contributed by atoms with E-state index in [9.17, 15) is 13.2 Å². The minimum Gasteiger partial charge on any atom is -0.326 e. The molecule has 1 aliphatic rings. The Labute approximate surface area is 192 Å². The van der Waals surface area contributed by atoms with Gasteiger partial charge in [0.2, 0.25) is 15.9 Å². The van der Waals surface area contributed by atoms with Crippen LogP contribution in [0.1, 0.15) is 31.7 Å². The molecule has 0 unspecified atom stereocenters. The average molecular weight is 476 g/mol. The summed E-state index contributed by atoms with van der Waals surface area (Å²) in [7, 11) is -3.67. The summed E-state index contributed by atoms with van der Waals surface area (Å²) in [6, 6.07) is 10.2. The summed E-state index contributed by atoms with van der Waals surface area (Å²) in [5.74, 6) is -0.339. The zero-order valence-electron chi connectivity index (χ0n) is 18.1. The van der Waals surface area contributed by atoms with Gasteiger partial charge in [-0.05, 0) is 68.1 Å². The highest BCUT2D eigenvalue weighted by Crippen LogP contribution is 2.27. The van der Waals surface area contributed by atoms with E-state index in [2.05, 4.69) is 15.6 Å². The summed E-state index contributed by atoms with van der Waals surface area (Å²) >= 11 is 5.98. The van der Waals surface area contributed by atoms with E-state index in [1.807, 2.05) is 13.8 Å². The lowest BCUT2D eigenvalue weighted by Gasteiger charge is -2.30. The lowest BCUT2D eigenvalue weighted by Crippen LogP contribution is -2.41. The van der Waals surface area contributed by atoms with Crippen LogP contribution in [0, 0.1) is 12.8 Å². The van der Waals surface area contributed by atoms with E-state index in [0.29, 0.717) is 36.5 Å². The van der Waals surface area contributed by atoms with E-state index in [4.69, 9.17) is 11.6 Å². The average Bonchev–Trinajstić information content (AvgIpc) is 3.18. The van der Waals surface area contributed by atoms with Gasteiger partial charge in [-0.15, -0.1) is 5.10 Å². The van der Waals surface area contributed by atoms with Crippen LogP contribution in [0.2, 0.25) is 5.02 Å². The number of rotatable bonds is 6. The summed E-state index contributed by atoms with van der Waals surface area (Å²) in [5, 5.41) is 11.8. The lowest BCUT2D eigenvalue weighted by atomic mass is 9.97.